The molecular weight excluding hydrogens is 461 g/mol. The molecule has 0 saturated carbocycles. The van der Waals surface area contributed by atoms with Gasteiger partial charge in [0.1, 0.15) is 24.7 Å². The number of rotatable bonds is 14. The van der Waals surface area contributed by atoms with Gasteiger partial charge in [-0.1, -0.05) is 43.4 Å². The van der Waals surface area contributed by atoms with Crippen molar-refractivity contribution in [2.45, 2.75) is 65.7 Å². The van der Waals surface area contributed by atoms with Crippen molar-refractivity contribution in [3.8, 4) is 11.5 Å². The van der Waals surface area contributed by atoms with Crippen LogP contribution in [0.5, 0.6) is 11.5 Å². The van der Waals surface area contributed by atoms with Crippen molar-refractivity contribution in [3.05, 3.63) is 33.5 Å². The van der Waals surface area contributed by atoms with Crippen molar-refractivity contribution in [3.63, 3.8) is 0 Å². The molecule has 0 bridgehead atoms. The monoisotopic (exact) mass is 491 g/mol. The molecule has 0 spiro atoms. The van der Waals surface area contributed by atoms with Gasteiger partial charge in [0.25, 0.3) is 0 Å². The molecule has 0 heterocycles. The van der Waals surface area contributed by atoms with Gasteiger partial charge >= 0.3 is 0 Å². The van der Waals surface area contributed by atoms with E-state index in [1.54, 1.807) is 6.07 Å². The molecule has 1 aromatic rings. The first kappa shape index (κ1) is 25.8. The van der Waals surface area contributed by atoms with E-state index in [1.807, 2.05) is 19.9 Å². The summed E-state index contributed by atoms with van der Waals surface area (Å²) in [6.45, 7) is 9.40. The van der Waals surface area contributed by atoms with Crippen LogP contribution in [-0.4, -0.2) is 25.5 Å². The van der Waals surface area contributed by atoms with Crippen LogP contribution in [0.4, 0.5) is 4.39 Å². The number of halogens is 3. The number of benzene rings is 1. The predicted molar refractivity (Wildman–Crippen MR) is 122 cm³/mol. The summed E-state index contributed by atoms with van der Waals surface area (Å²) in [5, 5.41) is 4.43. The van der Waals surface area contributed by atoms with Gasteiger partial charge in [-0.05, 0) is 67.1 Å². The topological polar surface area (TPSA) is 40.0 Å². The van der Waals surface area contributed by atoms with Crippen LogP contribution in [0.2, 0.25) is 5.02 Å². The Morgan fingerprint density at radius 2 is 1.76 bits per heavy atom. The summed E-state index contributed by atoms with van der Waals surface area (Å²) in [6, 6.07) is 3.62. The van der Waals surface area contributed by atoms with E-state index < -0.39 is 4.74 Å². The molecule has 0 saturated heterocycles. The summed E-state index contributed by atoms with van der Waals surface area (Å²) >= 11 is 9.16. The lowest BCUT2D eigenvalue weighted by Gasteiger charge is -2.17. The highest BCUT2D eigenvalue weighted by Gasteiger charge is 2.15. The number of nitrogens with zero attached hydrogens (tertiary/aromatic N) is 1. The summed E-state index contributed by atoms with van der Waals surface area (Å²) in [4.78, 5) is 5.19. The van der Waals surface area contributed by atoms with E-state index in [4.69, 9.17) is 25.9 Å². The zero-order valence-corrected chi connectivity index (χ0v) is 20.1. The van der Waals surface area contributed by atoms with Crippen LogP contribution >= 0.6 is 27.5 Å². The average Bonchev–Trinajstić information content (AvgIpc) is 2.63. The number of hydrogen-bond donors (Lipinski definition) is 0. The van der Waals surface area contributed by atoms with Crippen molar-refractivity contribution < 1.29 is 18.7 Å². The Morgan fingerprint density at radius 3 is 2.38 bits per heavy atom. The van der Waals surface area contributed by atoms with Gasteiger partial charge in [0, 0.05) is 11.6 Å². The Kier molecular flexibility index (Phi) is 13.0. The molecule has 0 fully saturated rings. The van der Waals surface area contributed by atoms with E-state index >= 15 is 0 Å². The Balaban J connectivity index is 2.42. The maximum atomic E-state index is 12.7. The molecule has 0 aliphatic heterocycles. The molecule has 1 rings (SSSR count). The summed E-state index contributed by atoms with van der Waals surface area (Å²) < 4.78 is 23.8. The summed E-state index contributed by atoms with van der Waals surface area (Å²) in [5.74, 6) is 1.53. The van der Waals surface area contributed by atoms with Gasteiger partial charge in [-0.15, -0.1) is 0 Å². The second kappa shape index (κ2) is 14.7. The molecular formula is C22H32BrClFNO3. The average molecular weight is 493 g/mol. The van der Waals surface area contributed by atoms with Gasteiger partial charge < -0.3 is 14.3 Å². The van der Waals surface area contributed by atoms with Crippen LogP contribution in [-0.2, 0) is 4.84 Å². The molecule has 0 radical (unpaired) electrons. The van der Waals surface area contributed by atoms with Gasteiger partial charge in [-0.25, -0.2) is 0 Å². The summed E-state index contributed by atoms with van der Waals surface area (Å²) in [5.41, 5.74) is 1.92. The van der Waals surface area contributed by atoms with Gasteiger partial charge in [-0.3, -0.25) is 0 Å². The third kappa shape index (κ3) is 11.5. The lowest BCUT2D eigenvalue weighted by atomic mass is 10.0. The second-order valence-corrected chi connectivity index (χ2v) is 8.44. The van der Waals surface area contributed by atoms with Gasteiger partial charge in [0.15, 0.2) is 4.74 Å². The predicted octanol–water partition coefficient (Wildman–Crippen LogP) is 7.79. The van der Waals surface area contributed by atoms with Crippen molar-refractivity contribution in [1.82, 2.24) is 0 Å². The quantitative estimate of drug-likeness (QED) is 0.151. The van der Waals surface area contributed by atoms with Crippen LogP contribution in [0.25, 0.3) is 0 Å². The molecule has 164 valence electrons. The molecule has 1 aromatic carbocycles. The number of ether oxygens (including phenoxy) is 2. The van der Waals surface area contributed by atoms with Crippen LogP contribution in [0.3, 0.4) is 0 Å². The summed E-state index contributed by atoms with van der Waals surface area (Å²) in [6.07, 6.45) is 6.63. The minimum Gasteiger partial charge on any atom is -0.492 e. The Bertz CT molecular complexity index is 672. The molecule has 0 amide bonds. The lowest BCUT2D eigenvalue weighted by molar-refractivity contribution is 0.139. The Morgan fingerprint density at radius 1 is 1.10 bits per heavy atom. The third-order valence-corrected chi connectivity index (χ3v) is 4.63. The van der Waals surface area contributed by atoms with E-state index in [0.29, 0.717) is 29.7 Å². The molecule has 0 N–H and O–H groups in total. The second-order valence-electron chi connectivity index (χ2n) is 7.27. The fourth-order valence-corrected chi connectivity index (χ4v) is 3.01. The maximum absolute atomic E-state index is 12.7. The van der Waals surface area contributed by atoms with E-state index in [0.717, 1.165) is 43.4 Å². The van der Waals surface area contributed by atoms with Crippen molar-refractivity contribution in [2.24, 2.45) is 5.16 Å². The van der Waals surface area contributed by atoms with Crippen LogP contribution in [0, 0.1) is 0 Å². The van der Waals surface area contributed by atoms with Crippen LogP contribution in [0.15, 0.2) is 28.1 Å². The van der Waals surface area contributed by atoms with Crippen molar-refractivity contribution >= 4 is 33.2 Å². The SMILES string of the molecule is CC(C)=NOCCCCCCCOc1c(Cl)cc(OC/C=C(\F)Br)cc1C(C)C. The number of oxime groups is 1. The smallest absolute Gasteiger partial charge is 0.165 e. The van der Waals surface area contributed by atoms with Gasteiger partial charge in [0.2, 0.25) is 0 Å². The molecule has 0 aromatic heterocycles. The van der Waals surface area contributed by atoms with Gasteiger partial charge in [0.05, 0.1) is 17.3 Å². The Labute approximate surface area is 187 Å². The van der Waals surface area contributed by atoms with Crippen molar-refractivity contribution in [1.29, 1.82) is 0 Å². The molecule has 0 atom stereocenters. The van der Waals surface area contributed by atoms with Crippen LogP contribution < -0.4 is 9.47 Å². The molecule has 29 heavy (non-hydrogen) atoms. The molecule has 0 aliphatic carbocycles. The first-order valence-electron chi connectivity index (χ1n) is 10.0. The largest absolute Gasteiger partial charge is 0.492 e. The zero-order chi connectivity index (χ0) is 21.6. The highest BCUT2D eigenvalue weighted by atomic mass is 79.9. The van der Waals surface area contributed by atoms with Crippen LogP contribution in [0.1, 0.15) is 71.3 Å². The minimum atomic E-state index is -0.454. The highest BCUT2D eigenvalue weighted by Crippen LogP contribution is 2.37. The first-order valence-corrected chi connectivity index (χ1v) is 11.2. The normalized spacial score (nSPS) is 11.5. The van der Waals surface area contributed by atoms with E-state index in [9.17, 15) is 4.39 Å². The van der Waals surface area contributed by atoms with E-state index in [-0.39, 0.29) is 12.5 Å². The fourth-order valence-electron chi connectivity index (χ4n) is 2.60. The number of unbranched alkanes of at least 4 members (excludes halogenated alkanes) is 4. The minimum absolute atomic E-state index is 0.126. The van der Waals surface area contributed by atoms with Crippen molar-refractivity contribution in [2.75, 3.05) is 19.8 Å². The fraction of sp³-hybridized carbons (Fsp3) is 0.591. The molecule has 0 aliphatic rings. The Hall–Kier alpha value is -1.27. The summed E-state index contributed by atoms with van der Waals surface area (Å²) in [7, 11) is 0. The molecule has 4 nitrogen and oxygen atoms in total. The van der Waals surface area contributed by atoms with Gasteiger partial charge in [-0.2, -0.15) is 4.39 Å². The van der Waals surface area contributed by atoms with E-state index in [1.165, 1.54) is 6.08 Å². The molecule has 0 unspecified atom stereocenters. The zero-order valence-electron chi connectivity index (χ0n) is 17.8. The standard InChI is InChI=1S/C22H32BrClFNO3/c1-16(2)19-14-18(27-13-10-21(23)25)15-20(24)22(19)28-11-8-6-5-7-9-12-29-26-17(3)4/h10,14-16H,5-9,11-13H2,1-4H3/b21-10-. The third-order valence-electron chi connectivity index (χ3n) is 4.03. The number of hydrogen-bond acceptors (Lipinski definition) is 4. The lowest BCUT2D eigenvalue weighted by Crippen LogP contribution is -2.04. The maximum Gasteiger partial charge on any atom is 0.165 e. The van der Waals surface area contributed by atoms with E-state index in [2.05, 4.69) is 34.9 Å². The molecule has 7 heteroatoms. The highest BCUT2D eigenvalue weighted by molar-refractivity contribution is 9.11. The first-order chi connectivity index (χ1) is 13.8.